The van der Waals surface area contributed by atoms with E-state index in [4.69, 9.17) is 9.68 Å². The Balaban J connectivity index is 3.14. The molecule has 0 radical (unpaired) electrons. The maximum Gasteiger partial charge on any atom is 0.477 e. The predicted molar refractivity (Wildman–Crippen MR) is 156 cm³/mol. The molecule has 0 N–H and O–H groups in total. The van der Waals surface area contributed by atoms with Crippen molar-refractivity contribution in [2.75, 3.05) is 13.2 Å². The van der Waals surface area contributed by atoms with Crippen LogP contribution in [-0.2, 0) is 9.68 Å². The molecule has 0 aromatic rings. The Morgan fingerprint density at radius 2 is 0.528 bits per heavy atom. The molecule has 216 valence electrons. The van der Waals surface area contributed by atoms with Crippen LogP contribution in [0.15, 0.2) is 0 Å². The molecule has 0 heterocycles. The minimum Gasteiger partial charge on any atom is -0.187 e. The molecule has 0 atom stereocenters. The van der Waals surface area contributed by atoms with Gasteiger partial charge in [-0.2, -0.15) is 9.68 Å². The zero-order chi connectivity index (χ0) is 26.2. The Hall–Kier alpha value is -0.800. The van der Waals surface area contributed by atoms with Gasteiger partial charge in [0.2, 0.25) is 0 Å². The smallest absolute Gasteiger partial charge is 0.187 e. The number of rotatable bonds is 32. The molecular weight excluding hydrogens is 446 g/mol. The third-order valence-electron chi connectivity index (χ3n) is 7.39. The van der Waals surface area contributed by atoms with Gasteiger partial charge in [-0.1, -0.05) is 168 Å². The Kier molecular flexibility index (Phi) is 31.5. The summed E-state index contributed by atoms with van der Waals surface area (Å²) in [6, 6.07) is 0. The zero-order valence-corrected chi connectivity index (χ0v) is 24.9. The van der Waals surface area contributed by atoms with Gasteiger partial charge in [0.1, 0.15) is 4.91 Å². The molecule has 0 saturated carbocycles. The first-order valence-corrected chi connectivity index (χ1v) is 16.5. The largest absolute Gasteiger partial charge is 0.477 e. The molecule has 4 nitrogen and oxygen atoms in total. The molecule has 4 heteroatoms. The first-order valence-electron chi connectivity index (χ1n) is 16.5. The minimum atomic E-state index is 0.338. The fraction of sp³-hybridized carbons (Fsp3) is 1.00. The molecule has 0 fully saturated rings. The van der Waals surface area contributed by atoms with Crippen LogP contribution in [0.2, 0.25) is 0 Å². The van der Waals surface area contributed by atoms with E-state index < -0.39 is 0 Å². The summed E-state index contributed by atoms with van der Waals surface area (Å²) in [6.07, 6.45) is 37.3. The highest BCUT2D eigenvalue weighted by molar-refractivity contribution is 4.50. The maximum absolute atomic E-state index is 11.6. The Morgan fingerprint density at radius 1 is 0.333 bits per heavy atom. The topological polar surface area (TPSA) is 38.5 Å². The van der Waals surface area contributed by atoms with E-state index >= 15 is 0 Å². The molecule has 0 aromatic carbocycles. The maximum atomic E-state index is 11.6. The van der Waals surface area contributed by atoms with Gasteiger partial charge in [0.05, 0.1) is 0 Å². The summed E-state index contributed by atoms with van der Waals surface area (Å²) in [5, 5.41) is 0.338. The van der Waals surface area contributed by atoms with Crippen molar-refractivity contribution >= 4 is 0 Å². The molecule has 0 aliphatic heterocycles. The highest BCUT2D eigenvalue weighted by Crippen LogP contribution is 2.14. The third-order valence-corrected chi connectivity index (χ3v) is 7.39. The van der Waals surface area contributed by atoms with Gasteiger partial charge < -0.3 is 0 Å². The van der Waals surface area contributed by atoms with Crippen LogP contribution in [0.3, 0.4) is 0 Å². The van der Waals surface area contributed by atoms with Crippen molar-refractivity contribution in [3.8, 4) is 0 Å². The normalized spacial score (nSPS) is 11.2. The van der Waals surface area contributed by atoms with E-state index in [1.165, 1.54) is 154 Å². The van der Waals surface area contributed by atoms with Crippen LogP contribution in [0, 0.1) is 4.91 Å². The average molecular weight is 513 g/mol. The lowest BCUT2D eigenvalue weighted by molar-refractivity contribution is -0.981. The van der Waals surface area contributed by atoms with Crippen molar-refractivity contribution < 1.29 is 14.8 Å². The molecule has 0 saturated heterocycles. The highest BCUT2D eigenvalue weighted by atomic mass is 17.0. The van der Waals surface area contributed by atoms with E-state index in [0.717, 1.165) is 25.7 Å². The number of hydrogen-bond donors (Lipinski definition) is 0. The molecule has 0 aliphatic rings. The van der Waals surface area contributed by atoms with Gasteiger partial charge in [0.25, 0.3) is 0 Å². The number of hydrogen-bond acceptors (Lipinski definition) is 3. The lowest BCUT2D eigenvalue weighted by Gasteiger charge is -2.03. The first kappa shape index (κ1) is 35.2. The molecule has 0 rings (SSSR count). The summed E-state index contributed by atoms with van der Waals surface area (Å²) >= 11 is 0. The Labute approximate surface area is 226 Å². The van der Waals surface area contributed by atoms with Gasteiger partial charge >= 0.3 is 5.09 Å². The highest BCUT2D eigenvalue weighted by Gasteiger charge is 2.11. The van der Waals surface area contributed by atoms with Gasteiger partial charge in [-0.05, 0) is 25.7 Å². The second-order valence-electron chi connectivity index (χ2n) is 11.1. The van der Waals surface area contributed by atoms with Gasteiger partial charge in [0, 0.05) is 0 Å². The molecular formula is C32H66NO3+. The molecule has 0 bridgehead atoms. The van der Waals surface area contributed by atoms with Crippen molar-refractivity contribution in [2.24, 2.45) is 0 Å². The molecule has 0 aliphatic carbocycles. The zero-order valence-electron chi connectivity index (χ0n) is 24.9. The lowest BCUT2D eigenvalue weighted by atomic mass is 10.0. The molecule has 36 heavy (non-hydrogen) atoms. The van der Waals surface area contributed by atoms with E-state index in [-0.39, 0.29) is 0 Å². The number of nitrogens with zero attached hydrogens (tertiary/aromatic N) is 1. The van der Waals surface area contributed by atoms with Crippen LogP contribution in [-0.4, -0.2) is 18.3 Å². The second-order valence-corrected chi connectivity index (χ2v) is 11.1. The summed E-state index contributed by atoms with van der Waals surface area (Å²) in [5.74, 6) is 0. The van der Waals surface area contributed by atoms with E-state index in [1.54, 1.807) is 0 Å². The van der Waals surface area contributed by atoms with Crippen LogP contribution in [0.5, 0.6) is 0 Å². The summed E-state index contributed by atoms with van der Waals surface area (Å²) < 4.78 is 0. The quantitative estimate of drug-likeness (QED) is 0.0664. The molecule has 0 unspecified atom stereocenters. The van der Waals surface area contributed by atoms with Gasteiger partial charge in [-0.25, -0.2) is 0 Å². The summed E-state index contributed by atoms with van der Waals surface area (Å²) in [5.41, 5.74) is 0. The Morgan fingerprint density at radius 3 is 0.750 bits per heavy atom. The van der Waals surface area contributed by atoms with Crippen molar-refractivity contribution in [2.45, 2.75) is 194 Å². The van der Waals surface area contributed by atoms with E-state index in [2.05, 4.69) is 13.8 Å². The van der Waals surface area contributed by atoms with Gasteiger partial charge in [-0.15, -0.1) is 0 Å². The summed E-state index contributed by atoms with van der Waals surface area (Å²) in [4.78, 5) is 21.8. The number of unbranched alkanes of at least 4 members (excludes halogenated alkanes) is 26. The van der Waals surface area contributed by atoms with E-state index in [9.17, 15) is 4.91 Å². The van der Waals surface area contributed by atoms with Crippen molar-refractivity contribution in [3.05, 3.63) is 4.91 Å². The summed E-state index contributed by atoms with van der Waals surface area (Å²) in [7, 11) is 0. The van der Waals surface area contributed by atoms with Crippen LogP contribution in [0.1, 0.15) is 194 Å². The summed E-state index contributed by atoms with van der Waals surface area (Å²) in [6.45, 7) is 5.51. The van der Waals surface area contributed by atoms with Crippen LogP contribution >= 0.6 is 0 Å². The first-order chi connectivity index (χ1) is 17.8. The fourth-order valence-electron chi connectivity index (χ4n) is 4.91. The van der Waals surface area contributed by atoms with E-state index in [1.807, 2.05) is 0 Å². The van der Waals surface area contributed by atoms with Gasteiger partial charge in [-0.3, -0.25) is 0 Å². The SMILES string of the molecule is CCCCCCCCCCCCCCCCO[N+](=O)OCCCCCCCCCCCCCCCC. The van der Waals surface area contributed by atoms with E-state index in [0.29, 0.717) is 18.3 Å². The van der Waals surface area contributed by atoms with Crippen LogP contribution in [0.4, 0.5) is 0 Å². The standard InChI is InChI=1S/C32H66NO3/c1-3-5-7-9-11-13-15-17-19-21-23-25-27-29-31-35-33(34)36-32-30-28-26-24-22-20-18-16-14-12-10-8-6-4-2/h3-32H2,1-2H3/q+1. The van der Waals surface area contributed by atoms with Crippen molar-refractivity contribution in [1.29, 1.82) is 0 Å². The Bertz CT molecular complexity index is 380. The average Bonchev–Trinajstić information content (AvgIpc) is 2.88. The molecule has 0 amide bonds. The monoisotopic (exact) mass is 513 g/mol. The van der Waals surface area contributed by atoms with Crippen LogP contribution < -0.4 is 0 Å². The lowest BCUT2D eigenvalue weighted by Crippen LogP contribution is -2.12. The van der Waals surface area contributed by atoms with Crippen molar-refractivity contribution in [1.82, 2.24) is 0 Å². The predicted octanol–water partition coefficient (Wildman–Crippen LogP) is 11.6. The second kappa shape index (κ2) is 32.2. The van der Waals surface area contributed by atoms with Gasteiger partial charge in [0.15, 0.2) is 13.2 Å². The van der Waals surface area contributed by atoms with Crippen LogP contribution in [0.25, 0.3) is 0 Å². The van der Waals surface area contributed by atoms with Crippen molar-refractivity contribution in [3.63, 3.8) is 0 Å². The third kappa shape index (κ3) is 31.2. The minimum absolute atomic E-state index is 0.338. The fourth-order valence-corrected chi connectivity index (χ4v) is 4.91. The molecule has 0 aromatic heterocycles. The molecule has 0 spiro atoms.